The maximum Gasteiger partial charge on any atom is 0.339 e. The standard InChI is InChI=1S/C44H28O4/c45-41-33-25-13-15-27-35(33)43(47-41)39(37(29-17-5-1-6-18-29)30-19-7-2-8-20-30)40(44(43)36-28-16-14-26-34(36)42(46)48-44)38(31-21-9-3-10-22-31)32-23-11-4-12-24-32/h1-28H. The number of benzene rings is 6. The molecule has 1 aliphatic carbocycles. The molecule has 4 heteroatoms. The first-order valence-corrected chi connectivity index (χ1v) is 16.0. The number of fused-ring (bicyclic) bond motifs is 5. The first kappa shape index (κ1) is 28.0. The Morgan fingerprint density at radius 3 is 0.938 bits per heavy atom. The van der Waals surface area contributed by atoms with E-state index >= 15 is 0 Å². The third-order valence-electron chi connectivity index (χ3n) is 9.74. The predicted molar refractivity (Wildman–Crippen MR) is 185 cm³/mol. The number of carbonyl (C=O) groups is 2. The summed E-state index contributed by atoms with van der Waals surface area (Å²) in [6, 6.07) is 55.6. The molecule has 48 heavy (non-hydrogen) atoms. The van der Waals surface area contributed by atoms with Gasteiger partial charge in [0.15, 0.2) is 0 Å². The lowest BCUT2D eigenvalue weighted by Gasteiger charge is -2.58. The van der Waals surface area contributed by atoms with Gasteiger partial charge in [-0.25, -0.2) is 9.59 Å². The molecule has 1 saturated carbocycles. The van der Waals surface area contributed by atoms with Crippen molar-refractivity contribution in [2.75, 3.05) is 0 Å². The van der Waals surface area contributed by atoms with Crippen LogP contribution in [0, 0.1) is 0 Å². The van der Waals surface area contributed by atoms with Crippen molar-refractivity contribution in [2.24, 2.45) is 0 Å². The van der Waals surface area contributed by atoms with Crippen molar-refractivity contribution in [3.63, 3.8) is 0 Å². The molecule has 2 aliphatic heterocycles. The number of hydrogen-bond donors (Lipinski definition) is 0. The smallest absolute Gasteiger partial charge is 0.339 e. The van der Waals surface area contributed by atoms with Gasteiger partial charge in [0.1, 0.15) is 0 Å². The van der Waals surface area contributed by atoms with E-state index < -0.39 is 23.1 Å². The fourth-order valence-corrected chi connectivity index (χ4v) is 7.90. The zero-order chi connectivity index (χ0) is 32.3. The van der Waals surface area contributed by atoms with E-state index in [1.807, 2.05) is 109 Å². The Hall–Kier alpha value is -6.26. The molecule has 2 spiro atoms. The Morgan fingerprint density at radius 1 is 0.354 bits per heavy atom. The Bertz CT molecular complexity index is 2060. The fraction of sp³-hybridized carbons (Fsp3) is 0.0455. The minimum Gasteiger partial charge on any atom is -0.440 e. The van der Waals surface area contributed by atoms with Crippen LogP contribution in [0.15, 0.2) is 181 Å². The summed E-state index contributed by atoms with van der Waals surface area (Å²) < 4.78 is 13.6. The van der Waals surface area contributed by atoms with Crippen LogP contribution < -0.4 is 0 Å². The Kier molecular flexibility index (Phi) is 6.21. The van der Waals surface area contributed by atoms with Crippen LogP contribution in [0.2, 0.25) is 0 Å². The lowest BCUT2D eigenvalue weighted by Crippen LogP contribution is -2.63. The van der Waals surface area contributed by atoms with Gasteiger partial charge >= 0.3 is 11.9 Å². The first-order valence-electron chi connectivity index (χ1n) is 16.0. The summed E-state index contributed by atoms with van der Waals surface area (Å²) in [6.45, 7) is 0. The molecule has 2 heterocycles. The quantitative estimate of drug-likeness (QED) is 0.185. The van der Waals surface area contributed by atoms with E-state index in [0.717, 1.165) is 44.5 Å². The molecule has 0 N–H and O–H groups in total. The molecule has 6 aromatic rings. The zero-order valence-corrected chi connectivity index (χ0v) is 25.8. The maximum atomic E-state index is 14.1. The van der Waals surface area contributed by atoms with Crippen LogP contribution in [0.25, 0.3) is 11.1 Å². The van der Waals surface area contributed by atoms with E-state index in [0.29, 0.717) is 22.3 Å². The highest BCUT2D eigenvalue weighted by Gasteiger charge is 2.79. The largest absolute Gasteiger partial charge is 0.440 e. The molecule has 1 fully saturated rings. The van der Waals surface area contributed by atoms with E-state index in [2.05, 4.69) is 48.5 Å². The molecule has 2 atom stereocenters. The van der Waals surface area contributed by atoms with Gasteiger partial charge in [-0.15, -0.1) is 0 Å². The van der Waals surface area contributed by atoms with Gasteiger partial charge in [0, 0.05) is 22.3 Å². The van der Waals surface area contributed by atoms with Crippen LogP contribution in [-0.4, -0.2) is 11.9 Å². The molecule has 228 valence electrons. The van der Waals surface area contributed by atoms with Crippen molar-refractivity contribution in [1.82, 2.24) is 0 Å². The Morgan fingerprint density at radius 2 is 0.625 bits per heavy atom. The SMILES string of the molecule is O=C1OC2(C(=C(c3ccccc3)c3ccccc3)C(=C(c3ccccc3)c3ccccc3)C23OC(=O)c2ccccc23)c2ccccc21. The topological polar surface area (TPSA) is 52.6 Å². The summed E-state index contributed by atoms with van der Waals surface area (Å²) in [5.41, 5.74) is 6.41. The minimum atomic E-state index is -1.49. The summed E-state index contributed by atoms with van der Waals surface area (Å²) in [5, 5.41) is 0. The second-order valence-electron chi connectivity index (χ2n) is 12.2. The predicted octanol–water partition coefficient (Wildman–Crippen LogP) is 9.14. The first-order chi connectivity index (χ1) is 23.6. The van der Waals surface area contributed by atoms with Crippen molar-refractivity contribution in [3.05, 3.63) is 226 Å². The van der Waals surface area contributed by atoms with Crippen LogP contribution in [0.3, 0.4) is 0 Å². The lowest BCUT2D eigenvalue weighted by molar-refractivity contribution is -0.144. The van der Waals surface area contributed by atoms with Crippen molar-refractivity contribution >= 4 is 23.1 Å². The highest BCUT2D eigenvalue weighted by Crippen LogP contribution is 2.74. The minimum absolute atomic E-state index is 0.454. The highest BCUT2D eigenvalue weighted by atomic mass is 16.6. The maximum absolute atomic E-state index is 14.1. The zero-order valence-electron chi connectivity index (χ0n) is 25.8. The fourth-order valence-electron chi connectivity index (χ4n) is 7.90. The molecule has 6 aromatic carbocycles. The summed E-state index contributed by atoms with van der Waals surface area (Å²) in [6.07, 6.45) is 0. The van der Waals surface area contributed by atoms with Gasteiger partial charge in [-0.2, -0.15) is 0 Å². The molecule has 4 nitrogen and oxygen atoms in total. The molecule has 0 radical (unpaired) electrons. The number of rotatable bonds is 4. The summed E-state index contributed by atoms with van der Waals surface area (Å²) in [5.74, 6) is -0.910. The van der Waals surface area contributed by atoms with Crippen LogP contribution in [-0.2, 0) is 20.7 Å². The second-order valence-corrected chi connectivity index (χ2v) is 12.2. The number of carbonyl (C=O) groups excluding carboxylic acids is 2. The van der Waals surface area contributed by atoms with Gasteiger partial charge in [-0.05, 0) is 45.5 Å². The molecule has 3 aliphatic rings. The molecule has 0 amide bonds. The van der Waals surface area contributed by atoms with E-state index in [1.54, 1.807) is 12.1 Å². The van der Waals surface area contributed by atoms with Gasteiger partial charge < -0.3 is 9.47 Å². The van der Waals surface area contributed by atoms with Gasteiger partial charge in [-0.1, -0.05) is 158 Å². The number of hydrogen-bond acceptors (Lipinski definition) is 4. The number of ether oxygens (including phenoxy) is 2. The monoisotopic (exact) mass is 620 g/mol. The van der Waals surface area contributed by atoms with Gasteiger partial charge in [0.05, 0.1) is 11.1 Å². The normalized spacial score (nSPS) is 20.2. The molecule has 9 rings (SSSR count). The van der Waals surface area contributed by atoms with Crippen LogP contribution in [0.1, 0.15) is 54.1 Å². The number of esters is 2. The van der Waals surface area contributed by atoms with Crippen molar-refractivity contribution in [2.45, 2.75) is 11.2 Å². The van der Waals surface area contributed by atoms with E-state index in [-0.39, 0.29) is 0 Å². The molecule has 0 saturated heterocycles. The van der Waals surface area contributed by atoms with Gasteiger partial charge in [0.25, 0.3) is 0 Å². The third-order valence-corrected chi connectivity index (χ3v) is 9.74. The van der Waals surface area contributed by atoms with E-state index in [1.165, 1.54) is 0 Å². The van der Waals surface area contributed by atoms with E-state index in [4.69, 9.17) is 9.47 Å². The van der Waals surface area contributed by atoms with Crippen LogP contribution in [0.4, 0.5) is 0 Å². The summed E-state index contributed by atoms with van der Waals surface area (Å²) >= 11 is 0. The van der Waals surface area contributed by atoms with E-state index in [9.17, 15) is 9.59 Å². The van der Waals surface area contributed by atoms with Crippen molar-refractivity contribution < 1.29 is 19.1 Å². The van der Waals surface area contributed by atoms with Gasteiger partial charge in [-0.3, -0.25) is 0 Å². The average molecular weight is 621 g/mol. The molecular formula is C44H28O4. The second kappa shape index (κ2) is 10.6. The lowest BCUT2D eigenvalue weighted by atomic mass is 9.49. The highest BCUT2D eigenvalue weighted by molar-refractivity contribution is 6.07. The average Bonchev–Trinajstić information content (AvgIpc) is 3.65. The van der Waals surface area contributed by atoms with Crippen LogP contribution in [0.5, 0.6) is 0 Å². The molecular weight excluding hydrogens is 592 g/mol. The Balaban J connectivity index is 1.56. The molecule has 0 bridgehead atoms. The summed E-state index contributed by atoms with van der Waals surface area (Å²) in [4.78, 5) is 28.1. The molecule has 0 aromatic heterocycles. The van der Waals surface area contributed by atoms with Crippen molar-refractivity contribution in [1.29, 1.82) is 0 Å². The van der Waals surface area contributed by atoms with Crippen molar-refractivity contribution in [3.8, 4) is 0 Å². The third kappa shape index (κ3) is 3.71. The summed E-state index contributed by atoms with van der Waals surface area (Å²) in [7, 11) is 0. The Labute approximate surface area is 278 Å². The molecule has 2 unspecified atom stereocenters. The van der Waals surface area contributed by atoms with Crippen LogP contribution >= 0.6 is 0 Å². The van der Waals surface area contributed by atoms with Gasteiger partial charge in [0.2, 0.25) is 11.2 Å².